The fourth-order valence-electron chi connectivity index (χ4n) is 1.30. The van der Waals surface area contributed by atoms with E-state index in [-0.39, 0.29) is 18.9 Å². The maximum absolute atomic E-state index is 10.5. The summed E-state index contributed by atoms with van der Waals surface area (Å²) in [6.45, 7) is 2.74. The summed E-state index contributed by atoms with van der Waals surface area (Å²) in [4.78, 5) is 10.5. The largest absolute Gasteiger partial charge is 1.00 e. The van der Waals surface area contributed by atoms with E-state index >= 15 is 0 Å². The van der Waals surface area contributed by atoms with Gasteiger partial charge in [-0.1, -0.05) is 25.5 Å². The van der Waals surface area contributed by atoms with Gasteiger partial charge in [-0.15, -0.1) is 0 Å². The Morgan fingerprint density at radius 1 is 1.42 bits per heavy atom. The van der Waals surface area contributed by atoms with Gasteiger partial charge in [0.25, 0.3) is 0 Å². The number of benzene rings is 1. The third-order valence-corrected chi connectivity index (χ3v) is 2.30. The molecule has 4 nitrogen and oxygen atoms in total. The zero-order chi connectivity index (χ0) is 13.4. The van der Waals surface area contributed by atoms with E-state index in [0.29, 0.717) is 12.2 Å². The monoisotopic (exact) mass is 251 g/mol. The molecule has 0 saturated heterocycles. The van der Waals surface area contributed by atoms with Crippen molar-refractivity contribution in [1.82, 2.24) is 0 Å². The topological polar surface area (TPSA) is 73.1 Å². The standard InChI is InChI=1S/C14H15NO3.Li/c1-2-3-8-18-13-6-4-11(5-7-13)9-12(10-15)14(16)17;/h4-7,9H,2-3,8H2,1H3,(H,16,17);/q;+1/p-1/b12-9+;. The minimum absolute atomic E-state index is 0. The van der Waals surface area contributed by atoms with Crippen LogP contribution in [0.1, 0.15) is 25.3 Å². The Bertz CT molecular complexity index is 474. The number of ether oxygens (including phenoxy) is 1. The summed E-state index contributed by atoms with van der Waals surface area (Å²) < 4.78 is 5.47. The van der Waals surface area contributed by atoms with Gasteiger partial charge in [-0.3, -0.25) is 0 Å². The van der Waals surface area contributed by atoms with Gasteiger partial charge in [0.15, 0.2) is 0 Å². The molecular formula is C14H14LiNO3. The van der Waals surface area contributed by atoms with Crippen LogP contribution in [0.5, 0.6) is 5.75 Å². The Morgan fingerprint density at radius 3 is 2.53 bits per heavy atom. The normalized spacial score (nSPS) is 10.2. The van der Waals surface area contributed by atoms with E-state index < -0.39 is 11.5 Å². The van der Waals surface area contributed by atoms with Crippen LogP contribution in [0.15, 0.2) is 29.8 Å². The van der Waals surface area contributed by atoms with Crippen molar-refractivity contribution in [2.45, 2.75) is 19.8 Å². The summed E-state index contributed by atoms with van der Waals surface area (Å²) in [6.07, 6.45) is 3.33. The second-order valence-electron chi connectivity index (χ2n) is 3.73. The minimum atomic E-state index is -1.47. The summed E-state index contributed by atoms with van der Waals surface area (Å²) in [5.74, 6) is -0.742. The quantitative estimate of drug-likeness (QED) is 0.268. The van der Waals surface area contributed by atoms with E-state index in [4.69, 9.17) is 10.00 Å². The molecule has 0 aliphatic heterocycles. The number of rotatable bonds is 6. The molecule has 0 aliphatic carbocycles. The molecule has 0 aromatic heterocycles. The van der Waals surface area contributed by atoms with Gasteiger partial charge in [0.05, 0.1) is 18.1 Å². The summed E-state index contributed by atoms with van der Waals surface area (Å²) in [7, 11) is 0. The average Bonchev–Trinajstić information content (AvgIpc) is 2.37. The van der Waals surface area contributed by atoms with E-state index in [2.05, 4.69) is 6.92 Å². The molecule has 0 atom stereocenters. The van der Waals surface area contributed by atoms with Gasteiger partial charge in [0.1, 0.15) is 11.8 Å². The van der Waals surface area contributed by atoms with Gasteiger partial charge in [-0.2, -0.15) is 5.26 Å². The fourth-order valence-corrected chi connectivity index (χ4v) is 1.30. The van der Waals surface area contributed by atoms with Gasteiger partial charge in [-0.25, -0.2) is 0 Å². The number of carboxylic acids is 1. The number of hydrogen-bond acceptors (Lipinski definition) is 4. The molecular weight excluding hydrogens is 237 g/mol. The van der Waals surface area contributed by atoms with Crippen LogP contribution in [0, 0.1) is 11.3 Å². The summed E-state index contributed by atoms with van der Waals surface area (Å²) in [6, 6.07) is 8.45. The zero-order valence-electron chi connectivity index (χ0n) is 11.2. The predicted octanol–water partition coefficient (Wildman–Crippen LogP) is -1.47. The molecule has 0 amide bonds. The number of carbonyl (C=O) groups excluding carboxylic acids is 1. The van der Waals surface area contributed by atoms with Crippen molar-refractivity contribution in [3.05, 3.63) is 35.4 Å². The number of carbonyl (C=O) groups is 1. The molecule has 0 saturated carbocycles. The molecule has 19 heavy (non-hydrogen) atoms. The van der Waals surface area contributed by atoms with Crippen LogP contribution in [0.4, 0.5) is 0 Å². The van der Waals surface area contributed by atoms with Crippen molar-refractivity contribution < 1.29 is 33.5 Å². The number of nitrogens with zero attached hydrogens (tertiary/aromatic N) is 1. The Hall–Kier alpha value is -1.68. The molecule has 1 aromatic rings. The number of unbranched alkanes of at least 4 members (excludes halogenated alkanes) is 1. The Morgan fingerprint density at radius 2 is 2.05 bits per heavy atom. The van der Waals surface area contributed by atoms with Crippen molar-refractivity contribution in [3.8, 4) is 11.8 Å². The fraction of sp³-hybridized carbons (Fsp3) is 0.286. The van der Waals surface area contributed by atoms with Crippen LogP contribution >= 0.6 is 0 Å². The van der Waals surface area contributed by atoms with Gasteiger partial charge in [0, 0.05) is 0 Å². The number of nitriles is 1. The first-order valence-electron chi connectivity index (χ1n) is 5.73. The number of carboxylic acid groups (broad SMARTS) is 1. The van der Waals surface area contributed by atoms with Crippen molar-refractivity contribution in [3.63, 3.8) is 0 Å². The van der Waals surface area contributed by atoms with Crippen LogP contribution in [0.3, 0.4) is 0 Å². The van der Waals surface area contributed by atoms with E-state index in [1.165, 1.54) is 6.08 Å². The Labute approximate surface area is 124 Å². The van der Waals surface area contributed by atoms with E-state index in [1.807, 2.05) is 0 Å². The van der Waals surface area contributed by atoms with Crippen molar-refractivity contribution in [2.75, 3.05) is 6.61 Å². The predicted molar refractivity (Wildman–Crippen MR) is 65.4 cm³/mol. The van der Waals surface area contributed by atoms with Gasteiger partial charge in [-0.05, 0) is 30.2 Å². The van der Waals surface area contributed by atoms with Crippen molar-refractivity contribution in [2.24, 2.45) is 0 Å². The van der Waals surface area contributed by atoms with E-state index in [1.54, 1.807) is 30.3 Å². The van der Waals surface area contributed by atoms with Crippen LogP contribution in [-0.4, -0.2) is 12.6 Å². The SMILES string of the molecule is CCCCOc1ccc(/C=C(\C#N)C(=O)[O-])cc1.[Li+]. The van der Waals surface area contributed by atoms with Crippen LogP contribution in [0.2, 0.25) is 0 Å². The minimum Gasteiger partial charge on any atom is -0.544 e. The Kier molecular flexibility index (Phi) is 8.45. The second kappa shape index (κ2) is 9.27. The van der Waals surface area contributed by atoms with E-state index in [0.717, 1.165) is 18.6 Å². The first kappa shape index (κ1) is 17.3. The van der Waals surface area contributed by atoms with Crippen LogP contribution in [0.25, 0.3) is 6.08 Å². The molecule has 0 fully saturated rings. The summed E-state index contributed by atoms with van der Waals surface area (Å²) in [5.41, 5.74) is 0.230. The molecule has 1 rings (SSSR count). The number of aliphatic carboxylic acids is 1. The third kappa shape index (κ3) is 6.15. The maximum atomic E-state index is 10.5. The molecule has 94 valence electrons. The van der Waals surface area contributed by atoms with Crippen LogP contribution in [-0.2, 0) is 4.79 Å². The van der Waals surface area contributed by atoms with Crippen molar-refractivity contribution in [1.29, 1.82) is 5.26 Å². The van der Waals surface area contributed by atoms with Gasteiger partial charge >= 0.3 is 18.9 Å². The first-order valence-corrected chi connectivity index (χ1v) is 5.73. The molecule has 5 heteroatoms. The van der Waals surface area contributed by atoms with Gasteiger partial charge < -0.3 is 14.6 Å². The van der Waals surface area contributed by atoms with E-state index in [9.17, 15) is 9.90 Å². The molecule has 0 unspecified atom stereocenters. The molecule has 0 N–H and O–H groups in total. The maximum Gasteiger partial charge on any atom is 1.00 e. The molecule has 1 aromatic carbocycles. The molecule has 0 heterocycles. The molecule has 0 aliphatic rings. The molecule has 0 spiro atoms. The first-order chi connectivity index (χ1) is 8.67. The smallest absolute Gasteiger partial charge is 0.544 e. The zero-order valence-corrected chi connectivity index (χ0v) is 11.2. The molecule has 0 bridgehead atoms. The average molecular weight is 251 g/mol. The Balaban J connectivity index is 0.00000324. The summed E-state index contributed by atoms with van der Waals surface area (Å²) in [5, 5.41) is 19.1. The third-order valence-electron chi connectivity index (χ3n) is 2.30. The second-order valence-corrected chi connectivity index (χ2v) is 3.73. The molecule has 0 radical (unpaired) electrons. The van der Waals surface area contributed by atoms with Crippen molar-refractivity contribution >= 4 is 12.0 Å². The van der Waals surface area contributed by atoms with Crippen LogP contribution < -0.4 is 28.7 Å². The number of hydrogen-bond donors (Lipinski definition) is 0. The van der Waals surface area contributed by atoms with Gasteiger partial charge in [0.2, 0.25) is 0 Å². The summed E-state index contributed by atoms with van der Waals surface area (Å²) >= 11 is 0.